The second kappa shape index (κ2) is 5.02. The van der Waals surface area contributed by atoms with Gasteiger partial charge in [0.2, 0.25) is 0 Å². The van der Waals surface area contributed by atoms with Crippen molar-refractivity contribution >= 4 is 21.7 Å². The van der Waals surface area contributed by atoms with Crippen molar-refractivity contribution in [1.82, 2.24) is 0 Å². The molecule has 0 saturated heterocycles. The molecule has 1 aliphatic heterocycles. The topological polar surface area (TPSA) is 26.3 Å². The van der Waals surface area contributed by atoms with E-state index < -0.39 is 5.82 Å². The summed E-state index contributed by atoms with van der Waals surface area (Å²) in [5, 5.41) is 0. The van der Waals surface area contributed by atoms with Gasteiger partial charge in [0.15, 0.2) is 5.78 Å². The highest BCUT2D eigenvalue weighted by Gasteiger charge is 2.22. The Labute approximate surface area is 124 Å². The van der Waals surface area contributed by atoms with Gasteiger partial charge in [-0.15, -0.1) is 0 Å². The van der Waals surface area contributed by atoms with Crippen LogP contribution in [0.2, 0.25) is 0 Å². The quantitative estimate of drug-likeness (QED) is 0.771. The molecule has 3 rings (SSSR count). The minimum atomic E-state index is -0.436. The van der Waals surface area contributed by atoms with Crippen LogP contribution in [0, 0.1) is 5.82 Å². The van der Waals surface area contributed by atoms with Gasteiger partial charge in [-0.05, 0) is 58.7 Å². The minimum Gasteiger partial charge on any atom is -0.490 e. The summed E-state index contributed by atoms with van der Waals surface area (Å²) < 4.78 is 19.3. The lowest BCUT2D eigenvalue weighted by molar-refractivity contribution is 0.103. The van der Waals surface area contributed by atoms with Gasteiger partial charge in [0, 0.05) is 17.5 Å². The van der Waals surface area contributed by atoms with E-state index in [1.807, 2.05) is 13.0 Å². The lowest BCUT2D eigenvalue weighted by Crippen LogP contribution is -2.05. The molecule has 0 aromatic heterocycles. The minimum absolute atomic E-state index is 0.135. The van der Waals surface area contributed by atoms with E-state index in [1.165, 1.54) is 12.1 Å². The molecule has 1 atom stereocenters. The van der Waals surface area contributed by atoms with Crippen LogP contribution in [0.5, 0.6) is 5.75 Å². The predicted molar refractivity (Wildman–Crippen MR) is 77.8 cm³/mol. The van der Waals surface area contributed by atoms with Crippen LogP contribution < -0.4 is 4.74 Å². The van der Waals surface area contributed by atoms with Gasteiger partial charge in [0.25, 0.3) is 0 Å². The van der Waals surface area contributed by atoms with Gasteiger partial charge in [0.05, 0.1) is 4.47 Å². The first-order chi connectivity index (χ1) is 9.56. The number of rotatable bonds is 2. The summed E-state index contributed by atoms with van der Waals surface area (Å²) in [5.74, 6) is 0.194. The van der Waals surface area contributed by atoms with Crippen molar-refractivity contribution in [2.45, 2.75) is 19.4 Å². The molecule has 0 bridgehead atoms. The van der Waals surface area contributed by atoms with Crippen molar-refractivity contribution in [2.24, 2.45) is 0 Å². The second-order valence-corrected chi connectivity index (χ2v) is 5.68. The second-order valence-electron chi connectivity index (χ2n) is 4.89. The zero-order valence-electron chi connectivity index (χ0n) is 10.8. The Morgan fingerprint density at radius 3 is 2.95 bits per heavy atom. The zero-order chi connectivity index (χ0) is 14.3. The SMILES string of the molecule is CC1Cc2cc(C(=O)c3cccc(F)c3Br)ccc2O1. The normalized spacial score (nSPS) is 16.6. The van der Waals surface area contributed by atoms with E-state index in [1.54, 1.807) is 18.2 Å². The van der Waals surface area contributed by atoms with E-state index in [9.17, 15) is 9.18 Å². The number of ether oxygens (including phenoxy) is 1. The first-order valence-electron chi connectivity index (χ1n) is 6.34. The van der Waals surface area contributed by atoms with Crippen LogP contribution in [0.4, 0.5) is 4.39 Å². The molecule has 1 heterocycles. The maximum Gasteiger partial charge on any atom is 0.194 e. The standard InChI is InChI=1S/C16H12BrFO2/c1-9-7-11-8-10(5-6-14(11)20-9)16(19)12-3-2-4-13(18)15(12)17/h2-6,8-9H,7H2,1H3. The Kier molecular flexibility index (Phi) is 3.34. The van der Waals surface area contributed by atoms with E-state index in [-0.39, 0.29) is 16.4 Å². The van der Waals surface area contributed by atoms with Crippen molar-refractivity contribution in [3.05, 3.63) is 63.4 Å². The van der Waals surface area contributed by atoms with Gasteiger partial charge in [-0.2, -0.15) is 0 Å². The summed E-state index contributed by atoms with van der Waals surface area (Å²) in [6, 6.07) is 9.82. The van der Waals surface area contributed by atoms with Crippen molar-refractivity contribution in [3.63, 3.8) is 0 Å². The molecule has 20 heavy (non-hydrogen) atoms. The number of ketones is 1. The van der Waals surface area contributed by atoms with E-state index in [0.717, 1.165) is 17.7 Å². The summed E-state index contributed by atoms with van der Waals surface area (Å²) in [4.78, 5) is 12.5. The zero-order valence-corrected chi connectivity index (χ0v) is 12.4. The molecule has 0 aliphatic carbocycles. The number of hydrogen-bond donors (Lipinski definition) is 0. The fraction of sp³-hybridized carbons (Fsp3) is 0.188. The summed E-state index contributed by atoms with van der Waals surface area (Å²) in [6.45, 7) is 1.99. The number of benzene rings is 2. The summed E-state index contributed by atoms with van der Waals surface area (Å²) >= 11 is 3.13. The Morgan fingerprint density at radius 1 is 1.35 bits per heavy atom. The van der Waals surface area contributed by atoms with Gasteiger partial charge in [0.1, 0.15) is 17.7 Å². The van der Waals surface area contributed by atoms with E-state index in [0.29, 0.717) is 11.1 Å². The van der Waals surface area contributed by atoms with Gasteiger partial charge in [-0.3, -0.25) is 4.79 Å². The molecule has 2 aromatic rings. The maximum atomic E-state index is 13.5. The highest BCUT2D eigenvalue weighted by molar-refractivity contribution is 9.10. The fourth-order valence-corrected chi connectivity index (χ4v) is 2.84. The molecule has 0 spiro atoms. The molecule has 0 N–H and O–H groups in total. The lowest BCUT2D eigenvalue weighted by atomic mass is 10.00. The number of carbonyl (C=O) groups excluding carboxylic acids is 1. The fourth-order valence-electron chi connectivity index (χ4n) is 2.40. The molecule has 2 nitrogen and oxygen atoms in total. The van der Waals surface area contributed by atoms with Crippen molar-refractivity contribution in [1.29, 1.82) is 0 Å². The lowest BCUT2D eigenvalue weighted by Gasteiger charge is -2.06. The molecule has 0 radical (unpaired) electrons. The van der Waals surface area contributed by atoms with Crippen LogP contribution in [0.15, 0.2) is 40.9 Å². The molecule has 1 aliphatic rings. The Balaban J connectivity index is 2.00. The van der Waals surface area contributed by atoms with E-state index in [4.69, 9.17) is 4.74 Å². The average molecular weight is 335 g/mol. The third-order valence-corrected chi connectivity index (χ3v) is 4.16. The number of fused-ring (bicyclic) bond motifs is 1. The molecule has 0 saturated carbocycles. The number of carbonyl (C=O) groups is 1. The van der Waals surface area contributed by atoms with Gasteiger partial charge >= 0.3 is 0 Å². The smallest absolute Gasteiger partial charge is 0.194 e. The third kappa shape index (κ3) is 2.24. The van der Waals surface area contributed by atoms with Crippen molar-refractivity contribution in [3.8, 4) is 5.75 Å². The van der Waals surface area contributed by atoms with Crippen LogP contribution in [-0.4, -0.2) is 11.9 Å². The van der Waals surface area contributed by atoms with Crippen LogP contribution >= 0.6 is 15.9 Å². The monoisotopic (exact) mass is 334 g/mol. The van der Waals surface area contributed by atoms with Crippen LogP contribution in [0.3, 0.4) is 0 Å². The third-order valence-electron chi connectivity index (χ3n) is 3.35. The Bertz CT molecular complexity index is 697. The molecule has 4 heteroatoms. The summed E-state index contributed by atoms with van der Waals surface area (Å²) in [6.07, 6.45) is 0.928. The van der Waals surface area contributed by atoms with Crippen LogP contribution in [-0.2, 0) is 6.42 Å². The maximum absolute atomic E-state index is 13.5. The molecule has 2 aromatic carbocycles. The first kappa shape index (κ1) is 13.3. The highest BCUT2D eigenvalue weighted by Crippen LogP contribution is 2.31. The van der Waals surface area contributed by atoms with Crippen molar-refractivity contribution < 1.29 is 13.9 Å². The van der Waals surface area contributed by atoms with Gasteiger partial charge < -0.3 is 4.74 Å². The number of hydrogen-bond acceptors (Lipinski definition) is 2. The largest absolute Gasteiger partial charge is 0.490 e. The van der Waals surface area contributed by atoms with Crippen LogP contribution in [0.25, 0.3) is 0 Å². The number of halogens is 2. The highest BCUT2D eigenvalue weighted by atomic mass is 79.9. The van der Waals surface area contributed by atoms with Gasteiger partial charge in [-0.25, -0.2) is 4.39 Å². The predicted octanol–water partition coefficient (Wildman–Crippen LogP) is 4.14. The molecule has 102 valence electrons. The molecular weight excluding hydrogens is 323 g/mol. The molecular formula is C16H12BrFO2. The Hall–Kier alpha value is -1.68. The van der Waals surface area contributed by atoms with Crippen molar-refractivity contribution in [2.75, 3.05) is 0 Å². The van der Waals surface area contributed by atoms with E-state index >= 15 is 0 Å². The first-order valence-corrected chi connectivity index (χ1v) is 7.14. The van der Waals surface area contributed by atoms with Crippen LogP contribution in [0.1, 0.15) is 28.4 Å². The Morgan fingerprint density at radius 2 is 2.15 bits per heavy atom. The molecule has 0 amide bonds. The van der Waals surface area contributed by atoms with E-state index in [2.05, 4.69) is 15.9 Å². The molecule has 0 fully saturated rings. The molecule has 1 unspecified atom stereocenters. The average Bonchev–Trinajstić information content (AvgIpc) is 2.80. The summed E-state index contributed by atoms with van der Waals surface area (Å²) in [5.41, 5.74) is 1.90. The van der Waals surface area contributed by atoms with Gasteiger partial charge in [-0.1, -0.05) is 6.07 Å². The summed E-state index contributed by atoms with van der Waals surface area (Å²) in [7, 11) is 0.